The van der Waals surface area contributed by atoms with E-state index in [9.17, 15) is 8.42 Å². The fourth-order valence-corrected chi connectivity index (χ4v) is 3.55. The van der Waals surface area contributed by atoms with Gasteiger partial charge >= 0.3 is 0 Å². The predicted octanol–water partition coefficient (Wildman–Crippen LogP) is 4.93. The summed E-state index contributed by atoms with van der Waals surface area (Å²) in [5.74, 6) is 0.710. The monoisotopic (exact) mass is 448 g/mol. The average Bonchev–Trinajstić information content (AvgIpc) is 3.21. The molecule has 1 heterocycles. The van der Waals surface area contributed by atoms with Gasteiger partial charge in [-0.2, -0.15) is 13.5 Å². The number of benzene rings is 3. The van der Waals surface area contributed by atoms with Crippen LogP contribution in [0, 0.1) is 0 Å². The van der Waals surface area contributed by atoms with Crippen LogP contribution in [0.1, 0.15) is 18.1 Å². The van der Waals surface area contributed by atoms with E-state index in [1.54, 1.807) is 6.92 Å². The Morgan fingerprint density at radius 3 is 2.50 bits per heavy atom. The molecular weight excluding hydrogens is 428 g/mol. The van der Waals surface area contributed by atoms with E-state index in [-0.39, 0.29) is 4.90 Å². The lowest BCUT2D eigenvalue weighted by atomic mass is 10.0. The molecule has 0 radical (unpaired) electrons. The summed E-state index contributed by atoms with van der Waals surface area (Å²) in [5, 5.41) is 12.3. The molecule has 0 atom stereocenters. The molecule has 0 bridgehead atoms. The average molecular weight is 449 g/mol. The molecule has 0 aliphatic carbocycles. The van der Waals surface area contributed by atoms with E-state index in [0.717, 1.165) is 23.0 Å². The molecule has 10 heteroatoms. The van der Waals surface area contributed by atoms with Crippen molar-refractivity contribution in [3.8, 4) is 0 Å². The van der Waals surface area contributed by atoms with Gasteiger partial charge in [-0.1, -0.05) is 42.5 Å². The Labute approximate surface area is 184 Å². The van der Waals surface area contributed by atoms with Crippen LogP contribution in [0.4, 0.5) is 11.6 Å². The lowest BCUT2D eigenvalue weighted by Crippen LogP contribution is -1.98. The molecule has 0 spiro atoms. The molecule has 9 nitrogen and oxygen atoms in total. The van der Waals surface area contributed by atoms with Gasteiger partial charge in [0.1, 0.15) is 0 Å². The summed E-state index contributed by atoms with van der Waals surface area (Å²) < 4.78 is 31.2. The summed E-state index contributed by atoms with van der Waals surface area (Å²) in [6, 6.07) is 21.6. The molecule has 0 saturated carbocycles. The number of aromatic amines is 1. The molecule has 0 aliphatic heterocycles. The van der Waals surface area contributed by atoms with E-state index in [0.29, 0.717) is 17.5 Å². The van der Waals surface area contributed by atoms with E-state index in [1.807, 2.05) is 36.4 Å². The number of imidazole rings is 1. The molecule has 32 heavy (non-hydrogen) atoms. The highest BCUT2D eigenvalue weighted by molar-refractivity contribution is 7.85. The summed E-state index contributed by atoms with van der Waals surface area (Å²) in [7, 11) is -4.23. The zero-order valence-corrected chi connectivity index (χ0v) is 17.9. The van der Waals surface area contributed by atoms with E-state index in [4.69, 9.17) is 4.55 Å². The van der Waals surface area contributed by atoms with Crippen LogP contribution in [-0.2, 0) is 16.5 Å². The third-order valence-electron chi connectivity index (χ3n) is 4.61. The third-order valence-corrected chi connectivity index (χ3v) is 5.48. The minimum absolute atomic E-state index is 0.194. The maximum atomic E-state index is 11.1. The van der Waals surface area contributed by atoms with Crippen molar-refractivity contribution < 1.29 is 13.0 Å². The number of H-pyrrole nitrogens is 1. The molecule has 0 unspecified atom stereocenters. The minimum Gasteiger partial charge on any atom is -0.321 e. The number of nitrogens with one attached hydrogen (secondary N) is 2. The molecule has 162 valence electrons. The van der Waals surface area contributed by atoms with Crippen LogP contribution in [0.3, 0.4) is 0 Å². The molecule has 0 aliphatic rings. The fourth-order valence-electron chi connectivity index (χ4n) is 3.07. The minimum atomic E-state index is -4.23. The number of aromatic nitrogens is 2. The van der Waals surface area contributed by atoms with Crippen molar-refractivity contribution in [2.75, 3.05) is 5.43 Å². The van der Waals surface area contributed by atoms with Crippen molar-refractivity contribution in [1.82, 2.24) is 9.97 Å². The van der Waals surface area contributed by atoms with Gasteiger partial charge in [0.25, 0.3) is 10.1 Å². The fraction of sp³-hybridized carbons (Fsp3) is 0.0909. The van der Waals surface area contributed by atoms with Crippen LogP contribution < -0.4 is 5.43 Å². The van der Waals surface area contributed by atoms with Gasteiger partial charge in [0, 0.05) is 0 Å². The van der Waals surface area contributed by atoms with Crippen molar-refractivity contribution in [3.63, 3.8) is 0 Å². The maximum absolute atomic E-state index is 11.1. The number of nitrogens with zero attached hydrogens (tertiary/aromatic N) is 4. The first kappa shape index (κ1) is 21.3. The number of amidine groups is 1. The van der Waals surface area contributed by atoms with E-state index >= 15 is 0 Å². The second-order valence-corrected chi connectivity index (χ2v) is 8.43. The molecule has 0 fully saturated rings. The first-order valence-electron chi connectivity index (χ1n) is 9.69. The van der Waals surface area contributed by atoms with Crippen LogP contribution in [0.2, 0.25) is 0 Å². The smallest absolute Gasteiger partial charge is 0.294 e. The molecule has 3 N–H and O–H groups in total. The van der Waals surface area contributed by atoms with Gasteiger partial charge in [0.15, 0.2) is 5.84 Å². The maximum Gasteiger partial charge on any atom is 0.294 e. The molecule has 0 saturated heterocycles. The van der Waals surface area contributed by atoms with Gasteiger partial charge in [-0.05, 0) is 54.8 Å². The van der Waals surface area contributed by atoms with Gasteiger partial charge in [-0.25, -0.2) is 4.98 Å². The molecule has 1 aromatic heterocycles. The zero-order chi connectivity index (χ0) is 22.6. The highest BCUT2D eigenvalue weighted by atomic mass is 32.2. The summed E-state index contributed by atoms with van der Waals surface area (Å²) >= 11 is 0. The Morgan fingerprint density at radius 2 is 1.78 bits per heavy atom. The second kappa shape index (κ2) is 9.08. The highest BCUT2D eigenvalue weighted by Gasteiger charge is 2.09. The van der Waals surface area contributed by atoms with Gasteiger partial charge in [-0.3, -0.25) is 9.98 Å². The Hall–Kier alpha value is -3.89. The number of anilines is 1. The Balaban J connectivity index is 1.46. The van der Waals surface area contributed by atoms with Gasteiger partial charge in [0.2, 0.25) is 5.95 Å². The van der Waals surface area contributed by atoms with Gasteiger partial charge in [0.05, 0.1) is 21.6 Å². The highest BCUT2D eigenvalue weighted by Crippen LogP contribution is 2.22. The number of fused-ring (bicyclic) bond motifs is 1. The number of azo groups is 1. The van der Waals surface area contributed by atoms with E-state index < -0.39 is 10.1 Å². The van der Waals surface area contributed by atoms with Crippen LogP contribution in [0.25, 0.3) is 11.0 Å². The SMILES string of the molecule is C/C(N=Nc1nc2c(Cc3ccccc3)cccc2[nH]1)=N\Nc1ccc(S(=O)(=O)O)cc1. The predicted molar refractivity (Wildman–Crippen MR) is 123 cm³/mol. The van der Waals surface area contributed by atoms with Crippen molar-refractivity contribution in [2.24, 2.45) is 15.3 Å². The summed E-state index contributed by atoms with van der Waals surface area (Å²) in [6.07, 6.45) is 0.764. The summed E-state index contributed by atoms with van der Waals surface area (Å²) in [6.45, 7) is 1.66. The molecular formula is C22H20N6O3S. The second-order valence-electron chi connectivity index (χ2n) is 7.01. The normalized spacial score (nSPS) is 12.5. The number of rotatable bonds is 6. The van der Waals surface area contributed by atoms with Crippen molar-refractivity contribution in [2.45, 2.75) is 18.2 Å². The first-order valence-corrected chi connectivity index (χ1v) is 11.1. The summed E-state index contributed by atoms with van der Waals surface area (Å²) in [5.41, 5.74) is 7.29. The Bertz CT molecular complexity index is 1390. The molecule has 3 aromatic carbocycles. The Kier molecular flexibility index (Phi) is 6.06. The van der Waals surface area contributed by atoms with Crippen LogP contribution in [-0.4, -0.2) is 28.8 Å². The largest absolute Gasteiger partial charge is 0.321 e. The van der Waals surface area contributed by atoms with Gasteiger partial charge in [-0.15, -0.1) is 10.2 Å². The van der Waals surface area contributed by atoms with Crippen LogP contribution >= 0.6 is 0 Å². The third kappa shape index (κ3) is 5.23. The number of para-hydroxylation sites is 1. The quantitative estimate of drug-likeness (QED) is 0.126. The van der Waals surface area contributed by atoms with E-state index in [1.165, 1.54) is 29.8 Å². The number of hydrogen-bond donors (Lipinski definition) is 3. The lowest BCUT2D eigenvalue weighted by molar-refractivity contribution is 0.483. The van der Waals surface area contributed by atoms with Gasteiger partial charge < -0.3 is 4.98 Å². The molecule has 4 rings (SSSR count). The Morgan fingerprint density at radius 1 is 1.03 bits per heavy atom. The van der Waals surface area contributed by atoms with Crippen molar-refractivity contribution in [3.05, 3.63) is 83.9 Å². The first-order chi connectivity index (χ1) is 15.4. The standard InChI is InChI=1S/C22H20N6O3S/c1-15(25-27-18-10-12-19(13-11-18)32(29,30)31)26-28-22-23-20-9-5-8-17(21(20)24-22)14-16-6-3-2-4-7-16/h2-13,27H,14H2,1H3,(H,23,24)(H,29,30,31)/b25-15+,28-26?. The topological polar surface area (TPSA) is 132 Å². The van der Waals surface area contributed by atoms with E-state index in [2.05, 4.69) is 42.9 Å². The van der Waals surface area contributed by atoms with Crippen LogP contribution in [0.5, 0.6) is 0 Å². The zero-order valence-electron chi connectivity index (χ0n) is 17.1. The number of hydrogen-bond acceptors (Lipinski definition) is 6. The molecule has 0 amide bonds. The van der Waals surface area contributed by atoms with Crippen molar-refractivity contribution in [1.29, 1.82) is 0 Å². The lowest BCUT2D eigenvalue weighted by Gasteiger charge is -2.02. The summed E-state index contributed by atoms with van der Waals surface area (Å²) in [4.78, 5) is 7.51. The van der Waals surface area contributed by atoms with Crippen LogP contribution in [0.15, 0.2) is 93.0 Å². The van der Waals surface area contributed by atoms with Crippen molar-refractivity contribution >= 4 is 38.6 Å². The molecule has 4 aromatic rings. The number of hydrazone groups is 1.